The van der Waals surface area contributed by atoms with Crippen LogP contribution in [0.25, 0.3) is 0 Å². The molecule has 90 valence electrons. The molecule has 0 amide bonds. The Morgan fingerprint density at radius 2 is 2.00 bits per heavy atom. The van der Waals surface area contributed by atoms with Crippen LogP contribution in [0.2, 0.25) is 0 Å². The van der Waals surface area contributed by atoms with Crippen molar-refractivity contribution in [1.29, 1.82) is 0 Å². The highest BCUT2D eigenvalue weighted by Crippen LogP contribution is 2.20. The summed E-state index contributed by atoms with van der Waals surface area (Å²) >= 11 is 0. The second-order valence-electron chi connectivity index (χ2n) is 5.76. The van der Waals surface area contributed by atoms with Gasteiger partial charge in [-0.2, -0.15) is 0 Å². The van der Waals surface area contributed by atoms with Crippen molar-refractivity contribution in [3.63, 3.8) is 0 Å². The molecule has 1 unspecified atom stereocenters. The van der Waals surface area contributed by atoms with Crippen LogP contribution in [0.1, 0.15) is 53.4 Å². The predicted molar refractivity (Wildman–Crippen MR) is 67.3 cm³/mol. The predicted octanol–water partition coefficient (Wildman–Crippen LogP) is 2.64. The third kappa shape index (κ3) is 4.52. The summed E-state index contributed by atoms with van der Waals surface area (Å²) in [5, 5.41) is 3.68. The minimum absolute atomic E-state index is 0.347. The van der Waals surface area contributed by atoms with Gasteiger partial charge in [-0.1, -0.05) is 19.8 Å². The summed E-state index contributed by atoms with van der Waals surface area (Å²) < 4.78 is 0. The van der Waals surface area contributed by atoms with E-state index in [2.05, 4.69) is 37.9 Å². The Labute approximate surface area is 95.4 Å². The fourth-order valence-corrected chi connectivity index (χ4v) is 2.22. The van der Waals surface area contributed by atoms with Gasteiger partial charge in [0.2, 0.25) is 0 Å². The molecule has 2 nitrogen and oxygen atoms in total. The van der Waals surface area contributed by atoms with Gasteiger partial charge in [0.1, 0.15) is 0 Å². The molecule has 0 saturated carbocycles. The summed E-state index contributed by atoms with van der Waals surface area (Å²) in [5.41, 5.74) is 0.347. The summed E-state index contributed by atoms with van der Waals surface area (Å²) in [6.45, 7) is 12.9. The molecular formula is C13H28N2. The zero-order chi connectivity index (χ0) is 11.3. The van der Waals surface area contributed by atoms with Gasteiger partial charge in [-0.25, -0.2) is 0 Å². The molecule has 2 heteroatoms. The van der Waals surface area contributed by atoms with Crippen LogP contribution in [-0.4, -0.2) is 36.1 Å². The van der Waals surface area contributed by atoms with Crippen molar-refractivity contribution < 1.29 is 0 Å². The highest BCUT2D eigenvalue weighted by atomic mass is 15.2. The summed E-state index contributed by atoms with van der Waals surface area (Å²) in [5.74, 6) is 0. The van der Waals surface area contributed by atoms with E-state index < -0.39 is 0 Å². The van der Waals surface area contributed by atoms with Crippen LogP contribution in [0.15, 0.2) is 0 Å². The van der Waals surface area contributed by atoms with Crippen LogP contribution in [0.5, 0.6) is 0 Å². The van der Waals surface area contributed by atoms with E-state index in [1.165, 1.54) is 45.3 Å². The van der Waals surface area contributed by atoms with Gasteiger partial charge in [-0.3, -0.25) is 4.90 Å². The number of nitrogens with one attached hydrogen (secondary N) is 1. The molecule has 1 fully saturated rings. The van der Waals surface area contributed by atoms with Crippen LogP contribution < -0.4 is 5.32 Å². The Morgan fingerprint density at radius 1 is 1.27 bits per heavy atom. The molecule has 1 aliphatic rings. The first kappa shape index (κ1) is 13.0. The van der Waals surface area contributed by atoms with Crippen LogP contribution in [-0.2, 0) is 0 Å². The van der Waals surface area contributed by atoms with Gasteiger partial charge in [0.05, 0.1) is 0 Å². The maximum absolute atomic E-state index is 3.68. The number of hydrogen-bond acceptors (Lipinski definition) is 2. The van der Waals surface area contributed by atoms with E-state index in [0.717, 1.165) is 6.04 Å². The minimum Gasteiger partial charge on any atom is -0.313 e. The second kappa shape index (κ2) is 5.86. The van der Waals surface area contributed by atoms with E-state index >= 15 is 0 Å². The monoisotopic (exact) mass is 212 g/mol. The Morgan fingerprint density at radius 3 is 2.53 bits per heavy atom. The highest BCUT2D eigenvalue weighted by molar-refractivity contribution is 4.87. The Bertz CT molecular complexity index is 172. The highest BCUT2D eigenvalue weighted by Gasteiger charge is 2.29. The molecule has 0 aromatic rings. The Hall–Kier alpha value is -0.0800. The first-order chi connectivity index (χ1) is 7.04. The van der Waals surface area contributed by atoms with E-state index in [9.17, 15) is 0 Å². The quantitative estimate of drug-likeness (QED) is 0.705. The van der Waals surface area contributed by atoms with Crippen LogP contribution >= 0.6 is 0 Å². The Kier molecular flexibility index (Phi) is 5.07. The fourth-order valence-electron chi connectivity index (χ4n) is 2.22. The van der Waals surface area contributed by atoms with E-state index in [1.54, 1.807) is 0 Å². The van der Waals surface area contributed by atoms with Crippen molar-refractivity contribution in [2.24, 2.45) is 0 Å². The smallest absolute Gasteiger partial charge is 0.0207 e. The van der Waals surface area contributed by atoms with E-state index in [1.807, 2.05) is 0 Å². The molecule has 1 N–H and O–H groups in total. The minimum atomic E-state index is 0.347. The molecule has 15 heavy (non-hydrogen) atoms. The van der Waals surface area contributed by atoms with Crippen LogP contribution in [0.3, 0.4) is 0 Å². The maximum atomic E-state index is 3.68. The van der Waals surface area contributed by atoms with Gasteiger partial charge in [0.25, 0.3) is 0 Å². The average molecular weight is 212 g/mol. The first-order valence-corrected chi connectivity index (χ1v) is 6.52. The molecule has 1 atom stereocenters. The lowest BCUT2D eigenvalue weighted by atomic mass is 10.1. The summed E-state index contributed by atoms with van der Waals surface area (Å²) in [6, 6.07) is 0.737. The molecule has 0 bridgehead atoms. The number of nitrogens with zero attached hydrogens (tertiary/aromatic N) is 1. The lowest BCUT2D eigenvalue weighted by Gasteiger charge is -2.31. The molecule has 1 heterocycles. The average Bonchev–Trinajstić information content (AvgIpc) is 2.60. The SMILES string of the molecule is CCCCCNC1CCN(C(C)(C)C)C1. The molecule has 1 rings (SSSR count). The molecule has 1 saturated heterocycles. The fraction of sp³-hybridized carbons (Fsp3) is 1.00. The molecular weight excluding hydrogens is 184 g/mol. The number of rotatable bonds is 5. The lowest BCUT2D eigenvalue weighted by Crippen LogP contribution is -2.42. The van der Waals surface area contributed by atoms with Gasteiger partial charge >= 0.3 is 0 Å². The van der Waals surface area contributed by atoms with E-state index in [0.29, 0.717) is 5.54 Å². The van der Waals surface area contributed by atoms with Crippen LogP contribution in [0, 0.1) is 0 Å². The third-order valence-electron chi connectivity index (χ3n) is 3.35. The molecule has 0 spiro atoms. The summed E-state index contributed by atoms with van der Waals surface area (Å²) in [7, 11) is 0. The van der Waals surface area contributed by atoms with Crippen molar-refractivity contribution in [3.05, 3.63) is 0 Å². The van der Waals surface area contributed by atoms with Crippen molar-refractivity contribution in [2.75, 3.05) is 19.6 Å². The lowest BCUT2D eigenvalue weighted by molar-refractivity contribution is 0.170. The maximum Gasteiger partial charge on any atom is 0.0207 e. The van der Waals surface area contributed by atoms with Crippen LogP contribution in [0.4, 0.5) is 0 Å². The van der Waals surface area contributed by atoms with Crippen molar-refractivity contribution in [1.82, 2.24) is 10.2 Å². The van der Waals surface area contributed by atoms with Gasteiger partial charge in [-0.05, 0) is 40.2 Å². The summed E-state index contributed by atoms with van der Waals surface area (Å²) in [6.07, 6.45) is 5.34. The van der Waals surface area contributed by atoms with Gasteiger partial charge < -0.3 is 5.32 Å². The van der Waals surface area contributed by atoms with Crippen molar-refractivity contribution in [2.45, 2.75) is 65.0 Å². The number of hydrogen-bond donors (Lipinski definition) is 1. The van der Waals surface area contributed by atoms with Gasteiger partial charge in [0.15, 0.2) is 0 Å². The summed E-state index contributed by atoms with van der Waals surface area (Å²) in [4.78, 5) is 2.59. The van der Waals surface area contributed by atoms with Gasteiger partial charge in [-0.15, -0.1) is 0 Å². The van der Waals surface area contributed by atoms with Crippen molar-refractivity contribution >= 4 is 0 Å². The first-order valence-electron chi connectivity index (χ1n) is 6.52. The second-order valence-corrected chi connectivity index (χ2v) is 5.76. The number of likely N-dealkylation sites (tertiary alicyclic amines) is 1. The molecule has 0 aromatic carbocycles. The van der Waals surface area contributed by atoms with E-state index in [-0.39, 0.29) is 0 Å². The topological polar surface area (TPSA) is 15.3 Å². The van der Waals surface area contributed by atoms with Crippen molar-refractivity contribution in [3.8, 4) is 0 Å². The Balaban J connectivity index is 2.14. The molecule has 1 aliphatic heterocycles. The standard InChI is InChI=1S/C13H28N2/c1-5-6-7-9-14-12-8-10-15(11-12)13(2,3)4/h12,14H,5-11H2,1-4H3. The normalized spacial score (nSPS) is 23.6. The third-order valence-corrected chi connectivity index (χ3v) is 3.35. The largest absolute Gasteiger partial charge is 0.313 e. The molecule has 0 radical (unpaired) electrons. The molecule has 0 aliphatic carbocycles. The van der Waals surface area contributed by atoms with E-state index in [4.69, 9.17) is 0 Å². The zero-order valence-electron chi connectivity index (χ0n) is 11.0. The van der Waals surface area contributed by atoms with Gasteiger partial charge in [0, 0.05) is 24.7 Å². The molecule has 0 aromatic heterocycles. The zero-order valence-corrected chi connectivity index (χ0v) is 11.0. The number of unbranched alkanes of at least 4 members (excludes halogenated alkanes) is 2.